The van der Waals surface area contributed by atoms with E-state index in [-0.39, 0.29) is 0 Å². The van der Waals surface area contributed by atoms with Crippen LogP contribution in [0, 0.1) is 0 Å². The predicted octanol–water partition coefficient (Wildman–Crippen LogP) is 4.65. The van der Waals surface area contributed by atoms with Gasteiger partial charge in [0.1, 0.15) is 11.0 Å². The molecule has 1 saturated carbocycles. The zero-order chi connectivity index (χ0) is 13.7. The highest BCUT2D eigenvalue weighted by Gasteiger charge is 2.31. The number of halogens is 2. The fourth-order valence-electron chi connectivity index (χ4n) is 3.00. The van der Waals surface area contributed by atoms with Gasteiger partial charge in [-0.15, -0.1) is 0 Å². The van der Waals surface area contributed by atoms with Crippen LogP contribution in [-0.2, 0) is 12.8 Å². The van der Waals surface area contributed by atoms with E-state index in [1.807, 2.05) is 0 Å². The zero-order valence-electron chi connectivity index (χ0n) is 10.9. The summed E-state index contributed by atoms with van der Waals surface area (Å²) in [4.78, 5) is 9.33. The van der Waals surface area contributed by atoms with Crippen LogP contribution < -0.4 is 0 Å². The van der Waals surface area contributed by atoms with Gasteiger partial charge in [-0.25, -0.2) is 9.97 Å². The molecule has 0 radical (unpaired) electrons. The first kappa shape index (κ1) is 12.8. The third-order valence-electron chi connectivity index (χ3n) is 4.23. The Bertz CT molecular complexity index is 657. The van der Waals surface area contributed by atoms with Gasteiger partial charge in [-0.05, 0) is 52.7 Å². The van der Waals surface area contributed by atoms with E-state index < -0.39 is 0 Å². The minimum atomic E-state index is 0.371. The Balaban J connectivity index is 1.70. The van der Waals surface area contributed by atoms with Crippen molar-refractivity contribution in [2.24, 2.45) is 0 Å². The lowest BCUT2D eigenvalue weighted by molar-refractivity contribution is 0.672. The van der Waals surface area contributed by atoms with Crippen molar-refractivity contribution in [3.05, 3.63) is 56.5 Å². The maximum absolute atomic E-state index is 6.28. The molecule has 102 valence electrons. The molecule has 2 aliphatic carbocycles. The molecule has 20 heavy (non-hydrogen) atoms. The van der Waals surface area contributed by atoms with Crippen LogP contribution in [0.5, 0.6) is 0 Å². The van der Waals surface area contributed by atoms with Crippen molar-refractivity contribution in [2.45, 2.75) is 37.5 Å². The van der Waals surface area contributed by atoms with Crippen LogP contribution >= 0.6 is 27.5 Å². The van der Waals surface area contributed by atoms with Gasteiger partial charge in [0, 0.05) is 11.8 Å². The van der Waals surface area contributed by atoms with Crippen LogP contribution in [0.3, 0.4) is 0 Å². The minimum absolute atomic E-state index is 0.371. The lowest BCUT2D eigenvalue weighted by Crippen LogP contribution is -2.07. The highest BCUT2D eigenvalue weighted by molar-refractivity contribution is 9.10. The molecular formula is C16H14BrClN2. The third-order valence-corrected chi connectivity index (χ3v) is 5.52. The number of rotatable bonds is 2. The molecule has 4 heteroatoms. The summed E-state index contributed by atoms with van der Waals surface area (Å²) in [7, 11) is 0. The molecule has 1 heterocycles. The Kier molecular flexibility index (Phi) is 3.08. The molecular weight excluding hydrogens is 336 g/mol. The maximum Gasteiger partial charge on any atom is 0.147 e. The standard InChI is InChI=1S/C16H14BrClN2/c17-13-14(9-5-6-9)19-16(20-15(13)18)12-7-10-3-1-2-4-11(10)8-12/h1-4,9,12H,5-8H2. The van der Waals surface area contributed by atoms with Crippen molar-refractivity contribution in [1.82, 2.24) is 9.97 Å². The molecule has 2 aromatic rings. The van der Waals surface area contributed by atoms with Gasteiger partial charge in [0.15, 0.2) is 0 Å². The normalized spacial score (nSPS) is 18.3. The van der Waals surface area contributed by atoms with Crippen molar-refractivity contribution in [3.63, 3.8) is 0 Å². The Hall–Kier alpha value is -0.930. The first-order valence-electron chi connectivity index (χ1n) is 7.02. The molecule has 0 unspecified atom stereocenters. The number of hydrogen-bond donors (Lipinski definition) is 0. The van der Waals surface area contributed by atoms with E-state index in [0.29, 0.717) is 17.0 Å². The van der Waals surface area contributed by atoms with Crippen LogP contribution in [0.1, 0.15) is 47.3 Å². The lowest BCUT2D eigenvalue weighted by atomic mass is 10.1. The largest absolute Gasteiger partial charge is 0.236 e. The van der Waals surface area contributed by atoms with Crippen molar-refractivity contribution in [2.75, 3.05) is 0 Å². The number of aromatic nitrogens is 2. The predicted molar refractivity (Wildman–Crippen MR) is 83.3 cm³/mol. The van der Waals surface area contributed by atoms with Gasteiger partial charge >= 0.3 is 0 Å². The third kappa shape index (κ3) is 2.17. The Morgan fingerprint density at radius 1 is 1.00 bits per heavy atom. The topological polar surface area (TPSA) is 25.8 Å². The maximum atomic E-state index is 6.28. The zero-order valence-corrected chi connectivity index (χ0v) is 13.3. The molecule has 0 saturated heterocycles. The van der Waals surface area contributed by atoms with Crippen molar-refractivity contribution >= 4 is 27.5 Å². The second kappa shape index (κ2) is 4.81. The van der Waals surface area contributed by atoms with Gasteiger partial charge in [0.25, 0.3) is 0 Å². The molecule has 0 amide bonds. The number of hydrogen-bond acceptors (Lipinski definition) is 2. The number of nitrogens with zero attached hydrogens (tertiary/aromatic N) is 2. The van der Waals surface area contributed by atoms with E-state index in [1.54, 1.807) is 0 Å². The summed E-state index contributed by atoms with van der Waals surface area (Å²) < 4.78 is 0.890. The van der Waals surface area contributed by atoms with Gasteiger partial charge in [0.2, 0.25) is 0 Å². The van der Waals surface area contributed by atoms with Crippen LogP contribution in [0.15, 0.2) is 28.7 Å². The van der Waals surface area contributed by atoms with Crippen molar-refractivity contribution in [3.8, 4) is 0 Å². The molecule has 2 aliphatic rings. The van der Waals surface area contributed by atoms with Crippen LogP contribution in [0.4, 0.5) is 0 Å². The molecule has 0 aliphatic heterocycles. The number of benzene rings is 1. The second-order valence-corrected chi connectivity index (χ2v) is 6.87. The first-order valence-corrected chi connectivity index (χ1v) is 8.19. The Labute approximate surface area is 131 Å². The molecule has 0 bridgehead atoms. The summed E-state index contributed by atoms with van der Waals surface area (Å²) in [5, 5.41) is 0.563. The fourth-order valence-corrected chi connectivity index (χ4v) is 3.69. The van der Waals surface area contributed by atoms with Gasteiger partial charge in [-0.3, -0.25) is 0 Å². The van der Waals surface area contributed by atoms with Gasteiger partial charge in [-0.2, -0.15) is 0 Å². The quantitative estimate of drug-likeness (QED) is 0.737. The molecule has 1 aromatic carbocycles. The second-order valence-electron chi connectivity index (χ2n) is 5.72. The molecule has 4 rings (SSSR count). The number of fused-ring (bicyclic) bond motifs is 1. The summed E-state index contributed by atoms with van der Waals surface area (Å²) in [6.07, 6.45) is 4.49. The molecule has 2 nitrogen and oxygen atoms in total. The van der Waals surface area contributed by atoms with E-state index in [2.05, 4.69) is 45.2 Å². The van der Waals surface area contributed by atoms with Crippen LogP contribution in [-0.4, -0.2) is 9.97 Å². The molecule has 0 N–H and O–H groups in total. The molecule has 0 spiro atoms. The van der Waals surface area contributed by atoms with E-state index in [1.165, 1.54) is 24.0 Å². The Morgan fingerprint density at radius 3 is 2.25 bits per heavy atom. The van der Waals surface area contributed by atoms with Crippen LogP contribution in [0.25, 0.3) is 0 Å². The summed E-state index contributed by atoms with van der Waals surface area (Å²) in [6.45, 7) is 0. The van der Waals surface area contributed by atoms with Gasteiger partial charge in [0.05, 0.1) is 10.2 Å². The fraction of sp³-hybridized carbons (Fsp3) is 0.375. The van der Waals surface area contributed by atoms with Crippen molar-refractivity contribution < 1.29 is 0 Å². The summed E-state index contributed by atoms with van der Waals surface area (Å²) in [5.41, 5.74) is 3.96. The summed E-state index contributed by atoms with van der Waals surface area (Å²) in [5.74, 6) is 1.86. The van der Waals surface area contributed by atoms with Crippen molar-refractivity contribution in [1.29, 1.82) is 0 Å². The van der Waals surface area contributed by atoms with E-state index >= 15 is 0 Å². The van der Waals surface area contributed by atoms with E-state index in [9.17, 15) is 0 Å². The molecule has 1 fully saturated rings. The molecule has 1 aromatic heterocycles. The van der Waals surface area contributed by atoms with E-state index in [4.69, 9.17) is 16.6 Å². The average Bonchev–Trinajstić information content (AvgIpc) is 3.19. The SMILES string of the molecule is Clc1nc(C2Cc3ccccc3C2)nc(C2CC2)c1Br. The Morgan fingerprint density at radius 2 is 1.65 bits per heavy atom. The average molecular weight is 350 g/mol. The van der Waals surface area contributed by atoms with Crippen LogP contribution in [0.2, 0.25) is 5.15 Å². The lowest BCUT2D eigenvalue weighted by Gasteiger charge is -2.11. The molecule has 0 atom stereocenters. The highest BCUT2D eigenvalue weighted by atomic mass is 79.9. The summed E-state index contributed by atoms with van der Waals surface area (Å²) >= 11 is 9.82. The summed E-state index contributed by atoms with van der Waals surface area (Å²) in [6, 6.07) is 8.62. The highest BCUT2D eigenvalue weighted by Crippen LogP contribution is 2.44. The first-order chi connectivity index (χ1) is 9.72. The van der Waals surface area contributed by atoms with E-state index in [0.717, 1.165) is 28.8 Å². The minimum Gasteiger partial charge on any atom is -0.236 e. The smallest absolute Gasteiger partial charge is 0.147 e. The van der Waals surface area contributed by atoms with Gasteiger partial charge < -0.3 is 0 Å². The van der Waals surface area contributed by atoms with Gasteiger partial charge in [-0.1, -0.05) is 35.9 Å². The monoisotopic (exact) mass is 348 g/mol.